The zero-order chi connectivity index (χ0) is 13.8. The number of carbonyl (C=O) groups excluding carboxylic acids is 1. The third-order valence-electron chi connectivity index (χ3n) is 3.67. The van der Waals surface area contributed by atoms with Crippen LogP contribution in [0.3, 0.4) is 0 Å². The van der Waals surface area contributed by atoms with Gasteiger partial charge in [-0.1, -0.05) is 34.8 Å². The molecule has 0 aliphatic carbocycles. The maximum Gasteiger partial charge on any atom is 0.257 e. The minimum absolute atomic E-state index is 0.177. The van der Waals surface area contributed by atoms with Gasteiger partial charge in [0, 0.05) is 17.9 Å². The number of rotatable bonds is 2. The van der Waals surface area contributed by atoms with Crippen LogP contribution in [0.15, 0.2) is 18.2 Å². The van der Waals surface area contributed by atoms with Crippen LogP contribution in [0.2, 0.25) is 0 Å². The highest BCUT2D eigenvalue weighted by molar-refractivity contribution is 9.09. The predicted molar refractivity (Wildman–Crippen MR) is 78.2 cm³/mol. The summed E-state index contributed by atoms with van der Waals surface area (Å²) in [7, 11) is 0. The van der Waals surface area contributed by atoms with Crippen LogP contribution >= 0.6 is 15.9 Å². The first kappa shape index (κ1) is 14.5. The van der Waals surface area contributed by atoms with Crippen molar-refractivity contribution in [2.75, 3.05) is 11.9 Å². The molecule has 1 unspecified atom stereocenters. The molecule has 0 aromatic heterocycles. The Hall–Kier alpha value is -0.900. The summed E-state index contributed by atoms with van der Waals surface area (Å²) in [5, 5.41) is 0.756. The van der Waals surface area contributed by atoms with Gasteiger partial charge in [-0.3, -0.25) is 4.79 Å². The Morgan fingerprint density at radius 2 is 2.21 bits per heavy atom. The molecule has 1 aromatic carbocycles. The van der Waals surface area contributed by atoms with Crippen LogP contribution in [-0.4, -0.2) is 28.7 Å². The average molecular weight is 328 g/mol. The maximum absolute atomic E-state index is 13.9. The van der Waals surface area contributed by atoms with Crippen LogP contribution in [0.5, 0.6) is 0 Å². The largest absolute Gasteiger partial charge is 0.335 e. The van der Waals surface area contributed by atoms with Crippen LogP contribution < -0.4 is 0 Å². The summed E-state index contributed by atoms with van der Waals surface area (Å²) in [5.41, 5.74) is 1.03. The van der Waals surface area contributed by atoms with Gasteiger partial charge in [0.15, 0.2) is 0 Å². The normalized spacial score (nSPS) is 20.2. The highest BCUT2D eigenvalue weighted by Gasteiger charge is 2.27. The standard InChI is InChI=1S/C15H19BrFNO/c1-11-6-7-13(14(17)9-11)15(19)18-8-4-2-3-5-12(18)10-16/h6-7,9,12H,2-5,8,10H2,1H3. The number of halogens is 2. The van der Waals surface area contributed by atoms with Gasteiger partial charge in [-0.15, -0.1) is 0 Å². The van der Waals surface area contributed by atoms with Crippen molar-refractivity contribution in [1.29, 1.82) is 0 Å². The molecular weight excluding hydrogens is 309 g/mol. The van der Waals surface area contributed by atoms with E-state index in [9.17, 15) is 9.18 Å². The van der Waals surface area contributed by atoms with Crippen molar-refractivity contribution in [2.45, 2.75) is 38.6 Å². The quantitative estimate of drug-likeness (QED) is 0.754. The Bertz CT molecular complexity index is 463. The van der Waals surface area contributed by atoms with Crippen LogP contribution in [0.1, 0.15) is 41.6 Å². The fourth-order valence-electron chi connectivity index (χ4n) is 2.55. The van der Waals surface area contributed by atoms with Crippen molar-refractivity contribution in [3.8, 4) is 0 Å². The van der Waals surface area contributed by atoms with Gasteiger partial charge in [0.2, 0.25) is 0 Å². The van der Waals surface area contributed by atoms with Crippen molar-refractivity contribution in [1.82, 2.24) is 4.90 Å². The van der Waals surface area contributed by atoms with Crippen molar-refractivity contribution in [2.24, 2.45) is 0 Å². The molecule has 0 spiro atoms. The Kier molecular flexibility index (Phi) is 4.97. The van der Waals surface area contributed by atoms with Crippen molar-refractivity contribution in [3.63, 3.8) is 0 Å². The summed E-state index contributed by atoms with van der Waals surface area (Å²) < 4.78 is 13.9. The summed E-state index contributed by atoms with van der Waals surface area (Å²) in [6.45, 7) is 2.55. The molecule has 2 rings (SSSR count). The van der Waals surface area contributed by atoms with E-state index in [1.54, 1.807) is 12.1 Å². The van der Waals surface area contributed by atoms with Crippen LogP contribution in [0, 0.1) is 12.7 Å². The van der Waals surface area contributed by atoms with Crippen LogP contribution in [0.4, 0.5) is 4.39 Å². The molecule has 104 valence electrons. The van der Waals surface area contributed by atoms with Gasteiger partial charge in [-0.25, -0.2) is 4.39 Å². The second-order valence-corrected chi connectivity index (χ2v) is 5.79. The first-order valence-corrected chi connectivity index (χ1v) is 7.88. The van der Waals surface area contributed by atoms with Gasteiger partial charge in [0.1, 0.15) is 5.82 Å². The van der Waals surface area contributed by atoms with Gasteiger partial charge in [0.05, 0.1) is 5.56 Å². The molecule has 1 aliphatic rings. The molecule has 2 nitrogen and oxygen atoms in total. The first-order chi connectivity index (χ1) is 9.13. The second kappa shape index (κ2) is 6.51. The second-order valence-electron chi connectivity index (χ2n) is 5.14. The third-order valence-corrected chi connectivity index (χ3v) is 4.42. The fourth-order valence-corrected chi connectivity index (χ4v) is 3.23. The smallest absolute Gasteiger partial charge is 0.257 e. The van der Waals surface area contributed by atoms with E-state index in [0.29, 0.717) is 0 Å². The monoisotopic (exact) mass is 327 g/mol. The SMILES string of the molecule is Cc1ccc(C(=O)N2CCCCCC2CBr)c(F)c1. The van der Waals surface area contributed by atoms with Crippen molar-refractivity contribution < 1.29 is 9.18 Å². The number of benzene rings is 1. The van der Waals surface area contributed by atoms with E-state index >= 15 is 0 Å². The summed E-state index contributed by atoms with van der Waals surface area (Å²) in [6.07, 6.45) is 4.27. The van der Waals surface area contributed by atoms with Gasteiger partial charge in [0.25, 0.3) is 5.91 Å². The highest BCUT2D eigenvalue weighted by Crippen LogP contribution is 2.22. The number of likely N-dealkylation sites (tertiary alicyclic amines) is 1. The van der Waals surface area contributed by atoms with E-state index < -0.39 is 5.82 Å². The number of hydrogen-bond donors (Lipinski definition) is 0. The molecule has 1 saturated heterocycles. The minimum atomic E-state index is -0.414. The first-order valence-electron chi connectivity index (χ1n) is 6.76. The number of aryl methyl sites for hydroxylation is 1. The maximum atomic E-state index is 13.9. The van der Waals surface area contributed by atoms with Gasteiger partial charge < -0.3 is 4.90 Å². The molecule has 1 aromatic rings. The lowest BCUT2D eigenvalue weighted by Crippen LogP contribution is -2.41. The molecule has 1 aliphatic heterocycles. The Labute approximate surface area is 122 Å². The molecular formula is C15H19BrFNO. The average Bonchev–Trinajstić information content (AvgIpc) is 2.63. The summed E-state index contributed by atoms with van der Waals surface area (Å²) in [6, 6.07) is 4.99. The van der Waals surface area contributed by atoms with E-state index in [2.05, 4.69) is 15.9 Å². The molecule has 0 radical (unpaired) electrons. The third kappa shape index (κ3) is 3.35. The van der Waals surface area contributed by atoms with Crippen molar-refractivity contribution >= 4 is 21.8 Å². The van der Waals surface area contributed by atoms with Crippen LogP contribution in [-0.2, 0) is 0 Å². The minimum Gasteiger partial charge on any atom is -0.335 e. The highest BCUT2D eigenvalue weighted by atomic mass is 79.9. The van der Waals surface area contributed by atoms with E-state index in [4.69, 9.17) is 0 Å². The fraction of sp³-hybridized carbons (Fsp3) is 0.533. The molecule has 1 fully saturated rings. The van der Waals surface area contributed by atoms with Gasteiger partial charge in [-0.05, 0) is 37.5 Å². The lowest BCUT2D eigenvalue weighted by molar-refractivity contribution is 0.0697. The lowest BCUT2D eigenvalue weighted by atomic mass is 10.1. The number of alkyl halides is 1. The number of nitrogens with zero attached hydrogens (tertiary/aromatic N) is 1. The molecule has 1 amide bonds. The zero-order valence-electron chi connectivity index (χ0n) is 11.2. The topological polar surface area (TPSA) is 20.3 Å². The zero-order valence-corrected chi connectivity index (χ0v) is 12.7. The summed E-state index contributed by atoms with van der Waals surface area (Å²) >= 11 is 3.47. The van der Waals surface area contributed by atoms with E-state index in [0.717, 1.165) is 43.1 Å². The Balaban J connectivity index is 2.25. The predicted octanol–water partition coefficient (Wildman–Crippen LogP) is 3.91. The number of amides is 1. The molecule has 4 heteroatoms. The molecule has 0 bridgehead atoms. The summed E-state index contributed by atoms with van der Waals surface area (Å²) in [5.74, 6) is -0.591. The molecule has 0 N–H and O–H groups in total. The lowest BCUT2D eigenvalue weighted by Gasteiger charge is -2.29. The molecule has 19 heavy (non-hydrogen) atoms. The van der Waals surface area contributed by atoms with Gasteiger partial charge >= 0.3 is 0 Å². The van der Waals surface area contributed by atoms with E-state index in [-0.39, 0.29) is 17.5 Å². The molecule has 1 heterocycles. The number of carbonyl (C=O) groups is 1. The number of hydrogen-bond acceptors (Lipinski definition) is 1. The molecule has 0 saturated carbocycles. The Morgan fingerprint density at radius 3 is 2.89 bits per heavy atom. The summed E-state index contributed by atoms with van der Waals surface area (Å²) in [4.78, 5) is 14.3. The van der Waals surface area contributed by atoms with Gasteiger partial charge in [-0.2, -0.15) is 0 Å². The Morgan fingerprint density at radius 1 is 1.42 bits per heavy atom. The van der Waals surface area contributed by atoms with Crippen LogP contribution in [0.25, 0.3) is 0 Å². The van der Waals surface area contributed by atoms with E-state index in [1.165, 1.54) is 6.07 Å². The molecule has 1 atom stereocenters. The van der Waals surface area contributed by atoms with Crippen molar-refractivity contribution in [3.05, 3.63) is 35.1 Å². The van der Waals surface area contributed by atoms with E-state index in [1.807, 2.05) is 11.8 Å².